The van der Waals surface area contributed by atoms with Gasteiger partial charge in [0.05, 0.1) is 19.3 Å². The van der Waals surface area contributed by atoms with Gasteiger partial charge in [-0.2, -0.15) is 0 Å². The van der Waals surface area contributed by atoms with Crippen LogP contribution in [-0.2, 0) is 4.74 Å². The molecule has 1 aliphatic rings. The van der Waals surface area contributed by atoms with E-state index in [0.29, 0.717) is 6.04 Å². The first-order chi connectivity index (χ1) is 9.33. The third kappa shape index (κ3) is 4.28. The van der Waals surface area contributed by atoms with Gasteiger partial charge in [-0.1, -0.05) is 30.3 Å². The Balaban J connectivity index is 1.83. The van der Waals surface area contributed by atoms with Gasteiger partial charge in [0.2, 0.25) is 0 Å². The summed E-state index contributed by atoms with van der Waals surface area (Å²) in [6.45, 7) is 3.66. The second-order valence-electron chi connectivity index (χ2n) is 5.02. The zero-order chi connectivity index (χ0) is 13.5. The van der Waals surface area contributed by atoms with Gasteiger partial charge in [0, 0.05) is 25.7 Å². The summed E-state index contributed by atoms with van der Waals surface area (Å²) >= 11 is 0. The Kier molecular flexibility index (Phi) is 5.79. The molecule has 0 amide bonds. The quantitative estimate of drug-likeness (QED) is 0.805. The van der Waals surface area contributed by atoms with E-state index in [1.165, 1.54) is 5.56 Å². The van der Waals surface area contributed by atoms with Crippen molar-refractivity contribution in [1.82, 2.24) is 10.2 Å². The van der Waals surface area contributed by atoms with Gasteiger partial charge in [-0.15, -0.1) is 0 Å². The highest BCUT2D eigenvalue weighted by Gasteiger charge is 2.20. The maximum absolute atomic E-state index is 9.15. The number of ether oxygens (including phenoxy) is 1. The molecule has 1 saturated heterocycles. The predicted octanol–water partition coefficient (Wildman–Crippen LogP) is 1.03. The first-order valence-electron chi connectivity index (χ1n) is 7.00. The molecule has 0 aliphatic carbocycles. The fourth-order valence-corrected chi connectivity index (χ4v) is 2.57. The fraction of sp³-hybridized carbons (Fsp3) is 0.600. The van der Waals surface area contributed by atoms with Crippen molar-refractivity contribution >= 4 is 0 Å². The first-order valence-corrected chi connectivity index (χ1v) is 7.00. The van der Waals surface area contributed by atoms with E-state index in [9.17, 15) is 0 Å². The van der Waals surface area contributed by atoms with E-state index < -0.39 is 0 Å². The van der Waals surface area contributed by atoms with E-state index >= 15 is 0 Å². The summed E-state index contributed by atoms with van der Waals surface area (Å²) in [7, 11) is 2.01. The highest BCUT2D eigenvalue weighted by atomic mass is 16.5. The van der Waals surface area contributed by atoms with E-state index in [1.54, 1.807) is 0 Å². The molecule has 0 spiro atoms. The minimum atomic E-state index is -0.0153. The topological polar surface area (TPSA) is 44.7 Å². The minimum absolute atomic E-state index is 0.0153. The van der Waals surface area contributed by atoms with Gasteiger partial charge in [0.1, 0.15) is 0 Å². The summed E-state index contributed by atoms with van der Waals surface area (Å²) in [5.74, 6) is 0. The lowest BCUT2D eigenvalue weighted by atomic mass is 10.0. The molecule has 2 N–H and O–H groups in total. The molecule has 1 aromatic rings. The Morgan fingerprint density at radius 3 is 2.89 bits per heavy atom. The van der Waals surface area contributed by atoms with E-state index in [1.807, 2.05) is 13.1 Å². The second-order valence-corrected chi connectivity index (χ2v) is 5.02. The Morgan fingerprint density at radius 1 is 1.42 bits per heavy atom. The highest BCUT2D eigenvalue weighted by Crippen LogP contribution is 2.17. The molecule has 2 rings (SSSR count). The summed E-state index contributed by atoms with van der Waals surface area (Å²) in [4.78, 5) is 2.37. The van der Waals surface area contributed by atoms with Crippen molar-refractivity contribution in [2.75, 3.05) is 39.9 Å². The number of aliphatic hydroxyl groups excluding tert-OH is 1. The summed E-state index contributed by atoms with van der Waals surface area (Å²) in [5, 5.41) is 12.5. The van der Waals surface area contributed by atoms with Gasteiger partial charge >= 0.3 is 0 Å². The monoisotopic (exact) mass is 264 g/mol. The Bertz CT molecular complexity index is 358. The summed E-state index contributed by atoms with van der Waals surface area (Å²) < 4.78 is 5.47. The normalized spacial score (nSPS) is 22.3. The molecule has 19 heavy (non-hydrogen) atoms. The number of hydrogen-bond donors (Lipinski definition) is 2. The lowest BCUT2D eigenvalue weighted by molar-refractivity contribution is -0.0533. The minimum Gasteiger partial charge on any atom is -0.394 e. The van der Waals surface area contributed by atoms with Gasteiger partial charge in [-0.25, -0.2) is 0 Å². The zero-order valence-electron chi connectivity index (χ0n) is 11.6. The van der Waals surface area contributed by atoms with Crippen LogP contribution in [-0.4, -0.2) is 56.0 Å². The van der Waals surface area contributed by atoms with Crippen LogP contribution in [0, 0.1) is 0 Å². The largest absolute Gasteiger partial charge is 0.394 e. The average Bonchev–Trinajstić information content (AvgIpc) is 2.49. The lowest BCUT2D eigenvalue weighted by Gasteiger charge is -2.33. The predicted molar refractivity (Wildman–Crippen MR) is 76.1 cm³/mol. The number of nitrogens with one attached hydrogen (secondary N) is 1. The first kappa shape index (κ1) is 14.5. The van der Waals surface area contributed by atoms with Crippen LogP contribution in [0.1, 0.15) is 18.0 Å². The fourth-order valence-electron chi connectivity index (χ4n) is 2.57. The van der Waals surface area contributed by atoms with Crippen molar-refractivity contribution in [3.05, 3.63) is 35.9 Å². The molecule has 0 aromatic heterocycles. The Morgan fingerprint density at radius 2 is 2.21 bits per heavy atom. The van der Waals surface area contributed by atoms with Crippen molar-refractivity contribution in [3.63, 3.8) is 0 Å². The molecular formula is C15H24N2O2. The molecule has 0 saturated carbocycles. The van der Waals surface area contributed by atoms with Crippen LogP contribution in [0.2, 0.25) is 0 Å². The van der Waals surface area contributed by atoms with Crippen molar-refractivity contribution in [1.29, 1.82) is 0 Å². The highest BCUT2D eigenvalue weighted by molar-refractivity contribution is 5.18. The molecule has 4 heteroatoms. The van der Waals surface area contributed by atoms with Crippen LogP contribution in [0.5, 0.6) is 0 Å². The van der Waals surface area contributed by atoms with Gasteiger partial charge in [-0.3, -0.25) is 4.90 Å². The number of aliphatic hydroxyl groups is 1. The zero-order valence-corrected chi connectivity index (χ0v) is 11.6. The van der Waals surface area contributed by atoms with Gasteiger partial charge < -0.3 is 15.2 Å². The van der Waals surface area contributed by atoms with Crippen molar-refractivity contribution in [2.45, 2.75) is 18.6 Å². The van der Waals surface area contributed by atoms with Crippen LogP contribution in [0.4, 0.5) is 0 Å². The van der Waals surface area contributed by atoms with Gasteiger partial charge in [0.15, 0.2) is 0 Å². The van der Waals surface area contributed by atoms with Crippen LogP contribution in [0.25, 0.3) is 0 Å². The lowest BCUT2D eigenvalue weighted by Crippen LogP contribution is -2.44. The van der Waals surface area contributed by atoms with Crippen LogP contribution in [0.3, 0.4) is 0 Å². The van der Waals surface area contributed by atoms with E-state index in [0.717, 1.165) is 32.7 Å². The standard InChI is InChI=1S/C15H24N2O2/c1-16-15(13-5-3-2-4-6-13)7-8-17-9-10-19-14(11-17)12-18/h2-6,14-16,18H,7-12H2,1H3. The van der Waals surface area contributed by atoms with Crippen molar-refractivity contribution < 1.29 is 9.84 Å². The number of rotatable bonds is 6. The van der Waals surface area contributed by atoms with Crippen LogP contribution in [0.15, 0.2) is 30.3 Å². The van der Waals surface area contributed by atoms with Crippen LogP contribution >= 0.6 is 0 Å². The Hall–Kier alpha value is -0.940. The summed E-state index contributed by atoms with van der Waals surface area (Å²) in [5.41, 5.74) is 1.33. The molecule has 1 heterocycles. The van der Waals surface area contributed by atoms with Crippen LogP contribution < -0.4 is 5.32 Å². The molecule has 1 aliphatic heterocycles. The van der Waals surface area contributed by atoms with E-state index in [4.69, 9.17) is 9.84 Å². The van der Waals surface area contributed by atoms with Gasteiger partial charge in [0.25, 0.3) is 0 Å². The molecule has 1 fully saturated rings. The molecule has 2 unspecified atom stereocenters. The maximum Gasteiger partial charge on any atom is 0.0932 e. The number of hydrogen-bond acceptors (Lipinski definition) is 4. The van der Waals surface area contributed by atoms with Crippen molar-refractivity contribution in [2.24, 2.45) is 0 Å². The molecular weight excluding hydrogens is 240 g/mol. The number of benzene rings is 1. The third-order valence-electron chi connectivity index (χ3n) is 3.71. The molecule has 1 aromatic carbocycles. The van der Waals surface area contributed by atoms with Crippen molar-refractivity contribution in [3.8, 4) is 0 Å². The second kappa shape index (κ2) is 7.60. The maximum atomic E-state index is 9.15. The number of nitrogens with zero attached hydrogens (tertiary/aromatic N) is 1. The third-order valence-corrected chi connectivity index (χ3v) is 3.71. The summed E-state index contributed by atoms with van der Waals surface area (Å²) in [6, 6.07) is 10.9. The smallest absolute Gasteiger partial charge is 0.0932 e. The SMILES string of the molecule is CNC(CCN1CCOC(CO)C1)c1ccccc1. The number of morpholine rings is 1. The summed E-state index contributed by atoms with van der Waals surface area (Å²) in [6.07, 6.45) is 1.05. The average molecular weight is 264 g/mol. The molecule has 0 bridgehead atoms. The van der Waals surface area contributed by atoms with E-state index in [2.05, 4.69) is 34.5 Å². The Labute approximate surface area is 115 Å². The molecule has 0 radical (unpaired) electrons. The molecule has 4 nitrogen and oxygen atoms in total. The van der Waals surface area contributed by atoms with Gasteiger partial charge in [-0.05, 0) is 19.0 Å². The van der Waals surface area contributed by atoms with E-state index in [-0.39, 0.29) is 12.7 Å². The molecule has 2 atom stereocenters. The molecule has 106 valence electrons.